The minimum absolute atomic E-state index is 0.0307. The standard InChI is InChI=1S/C14H26N4O3/c1-6-9(2)10(3)15-7-13(19)8-17-12(5)14(18(20)21)11(4)16-17/h9-10,13,15,19H,6-8H2,1-5H3. The Kier molecular flexibility index (Phi) is 6.29. The Morgan fingerprint density at radius 1 is 1.43 bits per heavy atom. The van der Waals surface area contributed by atoms with Crippen LogP contribution in [0.4, 0.5) is 5.69 Å². The molecule has 0 aliphatic heterocycles. The van der Waals surface area contributed by atoms with E-state index in [2.05, 4.69) is 31.2 Å². The zero-order chi connectivity index (χ0) is 16.2. The van der Waals surface area contributed by atoms with Gasteiger partial charge in [0, 0.05) is 12.6 Å². The fourth-order valence-corrected chi connectivity index (χ4v) is 2.27. The van der Waals surface area contributed by atoms with Crippen LogP contribution in [-0.2, 0) is 6.54 Å². The molecule has 0 saturated carbocycles. The van der Waals surface area contributed by atoms with Gasteiger partial charge in [-0.3, -0.25) is 14.8 Å². The summed E-state index contributed by atoms with van der Waals surface area (Å²) in [6.07, 6.45) is 0.447. The van der Waals surface area contributed by atoms with Gasteiger partial charge in [-0.05, 0) is 26.7 Å². The van der Waals surface area contributed by atoms with Crippen LogP contribution in [0.2, 0.25) is 0 Å². The molecule has 0 bridgehead atoms. The summed E-state index contributed by atoms with van der Waals surface area (Å²) in [4.78, 5) is 10.5. The molecule has 3 atom stereocenters. The Hall–Kier alpha value is -1.47. The number of nitrogens with zero attached hydrogens (tertiary/aromatic N) is 3. The summed E-state index contributed by atoms with van der Waals surface area (Å²) in [5.74, 6) is 0.534. The predicted molar refractivity (Wildman–Crippen MR) is 81.3 cm³/mol. The van der Waals surface area contributed by atoms with E-state index in [-0.39, 0.29) is 12.2 Å². The molecule has 21 heavy (non-hydrogen) atoms. The second-order valence-corrected chi connectivity index (χ2v) is 5.69. The largest absolute Gasteiger partial charge is 0.390 e. The number of nitro groups is 1. The lowest BCUT2D eigenvalue weighted by atomic mass is 10.0. The Labute approximate surface area is 125 Å². The fourth-order valence-electron chi connectivity index (χ4n) is 2.27. The summed E-state index contributed by atoms with van der Waals surface area (Å²) in [6.45, 7) is 10.3. The third-order valence-corrected chi connectivity index (χ3v) is 4.08. The summed E-state index contributed by atoms with van der Waals surface area (Å²) < 4.78 is 1.51. The first-order valence-electron chi connectivity index (χ1n) is 7.37. The van der Waals surface area contributed by atoms with Gasteiger partial charge in [-0.1, -0.05) is 20.3 Å². The highest BCUT2D eigenvalue weighted by Crippen LogP contribution is 2.21. The van der Waals surface area contributed by atoms with Crippen LogP contribution in [0.1, 0.15) is 38.6 Å². The van der Waals surface area contributed by atoms with Crippen molar-refractivity contribution in [1.29, 1.82) is 0 Å². The van der Waals surface area contributed by atoms with E-state index in [0.29, 0.717) is 29.9 Å². The zero-order valence-corrected chi connectivity index (χ0v) is 13.5. The molecule has 1 heterocycles. The normalized spacial score (nSPS) is 15.7. The van der Waals surface area contributed by atoms with Crippen LogP contribution in [0, 0.1) is 29.9 Å². The second kappa shape index (κ2) is 7.51. The molecule has 0 aromatic carbocycles. The number of hydrogen-bond acceptors (Lipinski definition) is 5. The molecule has 1 rings (SSSR count). The molecule has 2 N–H and O–H groups in total. The number of aryl methyl sites for hydroxylation is 1. The van der Waals surface area contributed by atoms with Gasteiger partial charge in [-0.2, -0.15) is 5.10 Å². The number of rotatable bonds is 8. The highest BCUT2D eigenvalue weighted by Gasteiger charge is 2.23. The molecule has 7 nitrogen and oxygen atoms in total. The van der Waals surface area contributed by atoms with Crippen LogP contribution in [0.25, 0.3) is 0 Å². The molecular weight excluding hydrogens is 272 g/mol. The molecule has 0 fully saturated rings. The molecular formula is C14H26N4O3. The first-order valence-corrected chi connectivity index (χ1v) is 7.37. The van der Waals surface area contributed by atoms with E-state index in [9.17, 15) is 15.2 Å². The van der Waals surface area contributed by atoms with E-state index in [4.69, 9.17) is 0 Å². The maximum atomic E-state index is 10.9. The number of nitrogens with one attached hydrogen (secondary N) is 1. The number of aliphatic hydroxyl groups is 1. The number of aromatic nitrogens is 2. The van der Waals surface area contributed by atoms with Gasteiger partial charge >= 0.3 is 5.69 Å². The van der Waals surface area contributed by atoms with Crippen molar-refractivity contribution in [2.45, 2.75) is 59.7 Å². The first kappa shape index (κ1) is 17.6. The highest BCUT2D eigenvalue weighted by atomic mass is 16.6. The Morgan fingerprint density at radius 2 is 2.05 bits per heavy atom. The van der Waals surface area contributed by atoms with E-state index in [0.717, 1.165) is 6.42 Å². The van der Waals surface area contributed by atoms with Crippen LogP contribution in [-0.4, -0.2) is 38.5 Å². The average Bonchev–Trinajstić information content (AvgIpc) is 2.69. The van der Waals surface area contributed by atoms with Gasteiger partial charge in [-0.15, -0.1) is 0 Å². The Morgan fingerprint density at radius 3 is 2.52 bits per heavy atom. The molecule has 0 spiro atoms. The van der Waals surface area contributed by atoms with Gasteiger partial charge in [0.2, 0.25) is 0 Å². The molecule has 3 unspecified atom stereocenters. The third-order valence-electron chi connectivity index (χ3n) is 4.08. The maximum Gasteiger partial charge on any atom is 0.312 e. The molecule has 7 heteroatoms. The van der Waals surface area contributed by atoms with Gasteiger partial charge in [-0.25, -0.2) is 0 Å². The first-order chi connectivity index (χ1) is 9.77. The molecule has 0 radical (unpaired) electrons. The Balaban J connectivity index is 2.62. The summed E-state index contributed by atoms with van der Waals surface area (Å²) >= 11 is 0. The highest BCUT2D eigenvalue weighted by molar-refractivity contribution is 5.39. The Bertz CT molecular complexity index is 487. The van der Waals surface area contributed by atoms with Crippen molar-refractivity contribution in [3.63, 3.8) is 0 Å². The summed E-state index contributed by atoms with van der Waals surface area (Å²) in [5.41, 5.74) is 0.889. The third kappa shape index (κ3) is 4.50. The fraction of sp³-hybridized carbons (Fsp3) is 0.786. The van der Waals surface area contributed by atoms with Crippen LogP contribution in [0.15, 0.2) is 0 Å². The van der Waals surface area contributed by atoms with Crippen molar-refractivity contribution in [3.05, 3.63) is 21.5 Å². The second-order valence-electron chi connectivity index (χ2n) is 5.69. The topological polar surface area (TPSA) is 93.2 Å². The summed E-state index contributed by atoms with van der Waals surface area (Å²) in [6, 6.07) is 0.319. The van der Waals surface area contributed by atoms with Crippen molar-refractivity contribution in [1.82, 2.24) is 15.1 Å². The van der Waals surface area contributed by atoms with Crippen molar-refractivity contribution < 1.29 is 10.0 Å². The molecule has 0 aliphatic carbocycles. The van der Waals surface area contributed by atoms with Crippen LogP contribution in [0.5, 0.6) is 0 Å². The lowest BCUT2D eigenvalue weighted by Crippen LogP contribution is -2.39. The van der Waals surface area contributed by atoms with Crippen LogP contribution in [0.3, 0.4) is 0 Å². The van der Waals surface area contributed by atoms with Gasteiger partial charge in [0.15, 0.2) is 0 Å². The molecule has 0 aliphatic rings. The van der Waals surface area contributed by atoms with Crippen molar-refractivity contribution in [2.75, 3.05) is 6.54 Å². The zero-order valence-electron chi connectivity index (χ0n) is 13.5. The van der Waals surface area contributed by atoms with Crippen molar-refractivity contribution in [3.8, 4) is 0 Å². The average molecular weight is 298 g/mol. The van der Waals surface area contributed by atoms with Gasteiger partial charge < -0.3 is 10.4 Å². The van der Waals surface area contributed by atoms with Crippen LogP contribution < -0.4 is 5.32 Å². The molecule has 1 aromatic rings. The lowest BCUT2D eigenvalue weighted by molar-refractivity contribution is -0.386. The minimum atomic E-state index is -0.630. The maximum absolute atomic E-state index is 10.9. The van der Waals surface area contributed by atoms with E-state index < -0.39 is 11.0 Å². The van der Waals surface area contributed by atoms with Crippen molar-refractivity contribution >= 4 is 5.69 Å². The van der Waals surface area contributed by atoms with Crippen molar-refractivity contribution in [2.24, 2.45) is 5.92 Å². The van der Waals surface area contributed by atoms with Gasteiger partial charge in [0.1, 0.15) is 11.4 Å². The number of hydrogen-bond donors (Lipinski definition) is 2. The summed E-state index contributed by atoms with van der Waals surface area (Å²) in [5, 5.41) is 28.4. The van der Waals surface area contributed by atoms with E-state index >= 15 is 0 Å². The molecule has 0 saturated heterocycles. The van der Waals surface area contributed by atoms with E-state index in [1.54, 1.807) is 13.8 Å². The van der Waals surface area contributed by atoms with Crippen LogP contribution >= 0.6 is 0 Å². The minimum Gasteiger partial charge on any atom is -0.390 e. The smallest absolute Gasteiger partial charge is 0.312 e. The van der Waals surface area contributed by atoms with E-state index in [1.807, 2.05) is 0 Å². The monoisotopic (exact) mass is 298 g/mol. The molecule has 120 valence electrons. The number of aliphatic hydroxyl groups excluding tert-OH is 1. The lowest BCUT2D eigenvalue weighted by Gasteiger charge is -2.22. The summed E-state index contributed by atoms with van der Waals surface area (Å²) in [7, 11) is 0. The molecule has 1 aromatic heterocycles. The quantitative estimate of drug-likeness (QED) is 0.564. The molecule has 0 amide bonds. The predicted octanol–water partition coefficient (Wildman–Crippen LogP) is 1.79. The SMILES string of the molecule is CCC(C)C(C)NCC(O)Cn1nc(C)c([N+](=O)[O-])c1C. The van der Waals surface area contributed by atoms with Gasteiger partial charge in [0.05, 0.1) is 17.6 Å². The van der Waals surface area contributed by atoms with E-state index in [1.165, 1.54) is 4.68 Å². The van der Waals surface area contributed by atoms with Gasteiger partial charge in [0.25, 0.3) is 0 Å².